The standard InChI is InChI=1S/C24H32N2O3/c1-24(2,3)19-7-9-20(10-8-19)29-16-23(27)25-15-21(26(4)5)17-6-11-22-18(14-17)12-13-28-22/h6-11,14,21H,12-13,15-16H2,1-5H3,(H,25,27). The van der Waals surface area contributed by atoms with Gasteiger partial charge < -0.3 is 19.7 Å². The lowest BCUT2D eigenvalue weighted by atomic mass is 9.87. The number of hydrogen-bond donors (Lipinski definition) is 1. The van der Waals surface area contributed by atoms with Crippen molar-refractivity contribution < 1.29 is 14.3 Å². The predicted molar refractivity (Wildman–Crippen MR) is 116 cm³/mol. The summed E-state index contributed by atoms with van der Waals surface area (Å²) in [4.78, 5) is 14.4. The van der Waals surface area contributed by atoms with Crippen molar-refractivity contribution in [3.8, 4) is 11.5 Å². The number of carbonyl (C=O) groups excluding carboxylic acids is 1. The summed E-state index contributed by atoms with van der Waals surface area (Å²) >= 11 is 0. The van der Waals surface area contributed by atoms with Crippen molar-refractivity contribution in [2.75, 3.05) is 33.9 Å². The molecule has 1 atom stereocenters. The van der Waals surface area contributed by atoms with Crippen molar-refractivity contribution in [2.45, 2.75) is 38.6 Å². The van der Waals surface area contributed by atoms with Gasteiger partial charge in [-0.3, -0.25) is 4.79 Å². The maximum Gasteiger partial charge on any atom is 0.258 e. The van der Waals surface area contributed by atoms with Gasteiger partial charge >= 0.3 is 0 Å². The van der Waals surface area contributed by atoms with Gasteiger partial charge in [-0.1, -0.05) is 45.0 Å². The normalized spacial score (nSPS) is 14.3. The zero-order valence-corrected chi connectivity index (χ0v) is 18.1. The van der Waals surface area contributed by atoms with Crippen molar-refractivity contribution in [3.05, 3.63) is 59.2 Å². The molecule has 0 radical (unpaired) electrons. The van der Waals surface area contributed by atoms with Gasteiger partial charge in [0.05, 0.1) is 12.6 Å². The van der Waals surface area contributed by atoms with Crippen molar-refractivity contribution in [1.29, 1.82) is 0 Å². The second-order valence-corrected chi connectivity index (χ2v) is 8.81. The largest absolute Gasteiger partial charge is 0.493 e. The molecule has 0 bridgehead atoms. The van der Waals surface area contributed by atoms with Gasteiger partial charge in [-0.2, -0.15) is 0 Å². The molecule has 5 heteroatoms. The second-order valence-electron chi connectivity index (χ2n) is 8.81. The topological polar surface area (TPSA) is 50.8 Å². The molecule has 0 aromatic heterocycles. The Labute approximate surface area is 174 Å². The summed E-state index contributed by atoms with van der Waals surface area (Å²) in [6.07, 6.45) is 0.942. The van der Waals surface area contributed by atoms with E-state index >= 15 is 0 Å². The molecule has 1 aliphatic rings. The highest BCUT2D eigenvalue weighted by atomic mass is 16.5. The highest BCUT2D eigenvalue weighted by Gasteiger charge is 2.19. The molecule has 2 aromatic rings. The Bertz CT molecular complexity index is 838. The summed E-state index contributed by atoms with van der Waals surface area (Å²) in [5.74, 6) is 1.55. The lowest BCUT2D eigenvalue weighted by molar-refractivity contribution is -0.123. The molecule has 2 aromatic carbocycles. The Hall–Kier alpha value is -2.53. The first-order valence-electron chi connectivity index (χ1n) is 10.2. The minimum absolute atomic E-state index is 0.00699. The van der Waals surface area contributed by atoms with Gasteiger partial charge in [-0.05, 0) is 54.4 Å². The average molecular weight is 397 g/mol. The molecular formula is C24H32N2O3. The van der Waals surface area contributed by atoms with Crippen LogP contribution in [0.1, 0.15) is 43.5 Å². The second kappa shape index (κ2) is 8.87. The first-order chi connectivity index (χ1) is 13.7. The summed E-state index contributed by atoms with van der Waals surface area (Å²) in [7, 11) is 4.04. The van der Waals surface area contributed by atoms with Crippen LogP contribution in [0.15, 0.2) is 42.5 Å². The highest BCUT2D eigenvalue weighted by molar-refractivity contribution is 5.77. The van der Waals surface area contributed by atoms with Crippen LogP contribution in [0.2, 0.25) is 0 Å². The predicted octanol–water partition coefficient (Wildman–Crippen LogP) is 3.72. The van der Waals surface area contributed by atoms with E-state index in [1.807, 2.05) is 44.4 Å². The molecule has 0 fully saturated rings. The number of nitrogens with one attached hydrogen (secondary N) is 1. The van der Waals surface area contributed by atoms with Crippen molar-refractivity contribution in [2.24, 2.45) is 0 Å². The number of nitrogens with zero attached hydrogens (tertiary/aromatic N) is 1. The monoisotopic (exact) mass is 396 g/mol. The van der Waals surface area contributed by atoms with Gasteiger partial charge in [-0.25, -0.2) is 0 Å². The Balaban J connectivity index is 1.53. The van der Waals surface area contributed by atoms with Crippen LogP contribution in [0.5, 0.6) is 11.5 Å². The van der Waals surface area contributed by atoms with Crippen LogP contribution < -0.4 is 14.8 Å². The maximum absolute atomic E-state index is 12.3. The van der Waals surface area contributed by atoms with Crippen molar-refractivity contribution >= 4 is 5.91 Å². The molecule has 1 amide bonds. The average Bonchev–Trinajstić information content (AvgIpc) is 3.14. The number of rotatable bonds is 7. The number of likely N-dealkylation sites (N-methyl/N-ethyl adjacent to an activating group) is 1. The van der Waals surface area contributed by atoms with Crippen LogP contribution in [0.4, 0.5) is 0 Å². The third-order valence-corrected chi connectivity index (χ3v) is 5.30. The maximum atomic E-state index is 12.3. The molecule has 0 aliphatic carbocycles. The van der Waals surface area contributed by atoms with E-state index in [9.17, 15) is 4.79 Å². The number of amides is 1. The van der Waals surface area contributed by atoms with E-state index < -0.39 is 0 Å². The zero-order chi connectivity index (χ0) is 21.0. The fourth-order valence-corrected chi connectivity index (χ4v) is 3.47. The van der Waals surface area contributed by atoms with Crippen LogP contribution in [-0.2, 0) is 16.6 Å². The summed E-state index contributed by atoms with van der Waals surface area (Å²) in [6.45, 7) is 7.80. The summed E-state index contributed by atoms with van der Waals surface area (Å²) in [5, 5.41) is 3.00. The number of ether oxygens (including phenoxy) is 2. The third kappa shape index (κ3) is 5.51. The minimum atomic E-state index is -0.124. The number of benzene rings is 2. The molecule has 5 nitrogen and oxygen atoms in total. The van der Waals surface area contributed by atoms with E-state index in [1.54, 1.807) is 0 Å². The van der Waals surface area contributed by atoms with E-state index in [1.165, 1.54) is 16.7 Å². The molecule has 0 saturated heterocycles. The van der Waals surface area contributed by atoms with Gasteiger partial charge in [-0.15, -0.1) is 0 Å². The fraction of sp³-hybridized carbons (Fsp3) is 0.458. The van der Waals surface area contributed by atoms with Gasteiger partial charge in [0.2, 0.25) is 0 Å². The first-order valence-corrected chi connectivity index (χ1v) is 10.2. The molecule has 0 spiro atoms. The Kier molecular flexibility index (Phi) is 6.48. The molecule has 1 N–H and O–H groups in total. The summed E-state index contributed by atoms with van der Waals surface area (Å²) in [5.41, 5.74) is 3.75. The lowest BCUT2D eigenvalue weighted by Crippen LogP contribution is -2.36. The van der Waals surface area contributed by atoms with Crippen LogP contribution in [0, 0.1) is 0 Å². The molecule has 0 saturated carbocycles. The van der Waals surface area contributed by atoms with Gasteiger partial charge in [0, 0.05) is 13.0 Å². The third-order valence-electron chi connectivity index (χ3n) is 5.30. The van der Waals surface area contributed by atoms with E-state index in [0.717, 1.165) is 18.8 Å². The molecule has 1 unspecified atom stereocenters. The molecule has 1 aliphatic heterocycles. The van der Waals surface area contributed by atoms with Crippen LogP contribution >= 0.6 is 0 Å². The zero-order valence-electron chi connectivity index (χ0n) is 18.1. The number of fused-ring (bicyclic) bond motifs is 1. The Morgan fingerprint density at radius 3 is 2.55 bits per heavy atom. The van der Waals surface area contributed by atoms with E-state index in [2.05, 4.69) is 43.1 Å². The Morgan fingerprint density at radius 1 is 1.17 bits per heavy atom. The van der Waals surface area contributed by atoms with Crippen molar-refractivity contribution in [3.63, 3.8) is 0 Å². The smallest absolute Gasteiger partial charge is 0.258 e. The number of carbonyl (C=O) groups is 1. The first kappa shape index (κ1) is 21.2. The van der Waals surface area contributed by atoms with Crippen LogP contribution in [0.3, 0.4) is 0 Å². The molecule has 156 valence electrons. The summed E-state index contributed by atoms with van der Waals surface area (Å²) < 4.78 is 11.2. The number of hydrogen-bond acceptors (Lipinski definition) is 4. The van der Waals surface area contributed by atoms with Crippen LogP contribution in [0.25, 0.3) is 0 Å². The summed E-state index contributed by atoms with van der Waals surface area (Å²) in [6, 6.07) is 14.3. The quantitative estimate of drug-likeness (QED) is 0.775. The molecule has 3 rings (SSSR count). The van der Waals surface area contributed by atoms with E-state index in [4.69, 9.17) is 9.47 Å². The molecule has 29 heavy (non-hydrogen) atoms. The Morgan fingerprint density at radius 2 is 1.90 bits per heavy atom. The van der Waals surface area contributed by atoms with Crippen LogP contribution in [-0.4, -0.2) is 44.7 Å². The van der Waals surface area contributed by atoms with Crippen molar-refractivity contribution in [1.82, 2.24) is 10.2 Å². The van der Waals surface area contributed by atoms with Gasteiger partial charge in [0.25, 0.3) is 5.91 Å². The fourth-order valence-electron chi connectivity index (χ4n) is 3.47. The van der Waals surface area contributed by atoms with Gasteiger partial charge in [0.1, 0.15) is 11.5 Å². The molecule has 1 heterocycles. The highest BCUT2D eigenvalue weighted by Crippen LogP contribution is 2.29. The minimum Gasteiger partial charge on any atom is -0.493 e. The van der Waals surface area contributed by atoms with Gasteiger partial charge in [0.15, 0.2) is 6.61 Å². The molecular weight excluding hydrogens is 364 g/mol. The SMILES string of the molecule is CN(C)C(CNC(=O)COc1ccc(C(C)(C)C)cc1)c1ccc2c(c1)CCO2. The van der Waals surface area contributed by atoms with E-state index in [0.29, 0.717) is 12.3 Å². The lowest BCUT2D eigenvalue weighted by Gasteiger charge is -2.25. The van der Waals surface area contributed by atoms with E-state index in [-0.39, 0.29) is 24.0 Å².